The van der Waals surface area contributed by atoms with E-state index < -0.39 is 18.9 Å². The van der Waals surface area contributed by atoms with Crippen molar-refractivity contribution in [3.63, 3.8) is 0 Å². The molecule has 29 heavy (non-hydrogen) atoms. The van der Waals surface area contributed by atoms with E-state index in [9.17, 15) is 13.6 Å². The Morgan fingerprint density at radius 2 is 2.21 bits per heavy atom. The highest BCUT2D eigenvalue weighted by molar-refractivity contribution is 6.02. The quantitative estimate of drug-likeness (QED) is 0.540. The number of H-pyrrole nitrogens is 1. The van der Waals surface area contributed by atoms with E-state index in [0.717, 1.165) is 40.8 Å². The number of aromatic nitrogens is 5. The minimum atomic E-state index is -2.60. The van der Waals surface area contributed by atoms with Gasteiger partial charge in [-0.15, -0.1) is 0 Å². The summed E-state index contributed by atoms with van der Waals surface area (Å²) in [5.41, 5.74) is 3.32. The number of nitrogens with zero attached hydrogens (tertiary/aromatic N) is 4. The van der Waals surface area contributed by atoms with E-state index in [1.807, 2.05) is 24.5 Å². The molecule has 5 rings (SSSR count). The molecule has 1 aliphatic carbocycles. The number of carbonyl (C=O) groups is 1. The van der Waals surface area contributed by atoms with E-state index in [0.29, 0.717) is 11.4 Å². The number of hydrogen-bond acceptors (Lipinski definition) is 4. The third-order valence-electron chi connectivity index (χ3n) is 5.42. The number of nitrogens with one attached hydrogen (secondary N) is 2. The molecule has 1 fully saturated rings. The summed E-state index contributed by atoms with van der Waals surface area (Å²) in [6.45, 7) is -0.695. The number of carbonyl (C=O) groups excluding carboxylic acids is 1. The van der Waals surface area contributed by atoms with Crippen LogP contribution in [0.2, 0.25) is 0 Å². The van der Waals surface area contributed by atoms with Crippen LogP contribution < -0.4 is 5.32 Å². The van der Waals surface area contributed by atoms with Crippen molar-refractivity contribution in [2.75, 3.05) is 6.54 Å². The molecule has 4 aromatic heterocycles. The molecule has 148 valence electrons. The van der Waals surface area contributed by atoms with Gasteiger partial charge in [-0.2, -0.15) is 5.10 Å². The lowest BCUT2D eigenvalue weighted by molar-refractivity contribution is 0.0893. The average molecular weight is 396 g/mol. The van der Waals surface area contributed by atoms with E-state index in [-0.39, 0.29) is 5.56 Å². The summed E-state index contributed by atoms with van der Waals surface area (Å²) in [6, 6.07) is 3.69. The van der Waals surface area contributed by atoms with Gasteiger partial charge in [0.2, 0.25) is 0 Å². The van der Waals surface area contributed by atoms with Gasteiger partial charge in [-0.25, -0.2) is 23.3 Å². The second kappa shape index (κ2) is 6.91. The Kier molecular flexibility index (Phi) is 4.22. The van der Waals surface area contributed by atoms with Gasteiger partial charge in [-0.3, -0.25) is 4.79 Å². The predicted molar refractivity (Wildman–Crippen MR) is 103 cm³/mol. The topological polar surface area (TPSA) is 88.0 Å². The monoisotopic (exact) mass is 396 g/mol. The van der Waals surface area contributed by atoms with Gasteiger partial charge in [0.25, 0.3) is 12.3 Å². The maximum atomic E-state index is 12.4. The summed E-state index contributed by atoms with van der Waals surface area (Å²) in [6.07, 6.45) is 7.69. The van der Waals surface area contributed by atoms with Crippen LogP contribution in [0.1, 0.15) is 41.4 Å². The summed E-state index contributed by atoms with van der Waals surface area (Å²) in [7, 11) is 0. The highest BCUT2D eigenvalue weighted by Crippen LogP contribution is 2.35. The van der Waals surface area contributed by atoms with Gasteiger partial charge in [0.15, 0.2) is 0 Å². The van der Waals surface area contributed by atoms with Gasteiger partial charge < -0.3 is 10.3 Å². The first-order valence-electron chi connectivity index (χ1n) is 9.48. The molecule has 7 nitrogen and oxygen atoms in total. The Hall–Kier alpha value is -3.36. The van der Waals surface area contributed by atoms with Crippen LogP contribution in [0.4, 0.5) is 8.78 Å². The first kappa shape index (κ1) is 17.7. The fraction of sp³-hybridized carbons (Fsp3) is 0.300. The van der Waals surface area contributed by atoms with Crippen LogP contribution in [0.5, 0.6) is 0 Å². The van der Waals surface area contributed by atoms with Crippen molar-refractivity contribution < 1.29 is 13.6 Å². The Morgan fingerprint density at radius 1 is 1.34 bits per heavy atom. The maximum Gasteiger partial charge on any atom is 0.255 e. The van der Waals surface area contributed by atoms with Crippen molar-refractivity contribution in [2.24, 2.45) is 0 Å². The SMILES string of the molecule is O=C(NCC(F)F)c1cnn2ccc(-c3c[nH]c4nc(C5CCC5)ncc34)cc12. The summed E-state index contributed by atoms with van der Waals surface area (Å²) in [4.78, 5) is 24.7. The molecule has 0 aromatic carbocycles. The van der Waals surface area contributed by atoms with Crippen molar-refractivity contribution >= 4 is 22.5 Å². The zero-order valence-corrected chi connectivity index (χ0v) is 15.4. The van der Waals surface area contributed by atoms with E-state index in [1.165, 1.54) is 12.6 Å². The van der Waals surface area contributed by atoms with Crippen LogP contribution in [0.25, 0.3) is 27.7 Å². The standard InChI is InChI=1S/C20H18F2N6O/c21-17(22)10-25-20(29)15-9-26-28-5-4-12(6-16(15)28)13-7-24-19-14(13)8-23-18(27-19)11-2-1-3-11/h4-9,11,17H,1-3,10H2,(H,25,29)(H,23,24,27). The molecule has 4 aromatic rings. The molecule has 9 heteroatoms. The Labute approximate surface area is 164 Å². The van der Waals surface area contributed by atoms with Crippen LogP contribution in [0.15, 0.2) is 36.9 Å². The molecule has 4 heterocycles. The molecule has 0 saturated heterocycles. The van der Waals surface area contributed by atoms with Crippen LogP contribution in [0, 0.1) is 0 Å². The number of hydrogen-bond donors (Lipinski definition) is 2. The molecular weight excluding hydrogens is 378 g/mol. The van der Waals surface area contributed by atoms with Gasteiger partial charge in [0, 0.05) is 35.5 Å². The smallest absolute Gasteiger partial charge is 0.255 e. The molecule has 1 saturated carbocycles. The average Bonchev–Trinajstić information content (AvgIpc) is 3.28. The summed E-state index contributed by atoms with van der Waals surface area (Å²) < 4.78 is 26.3. The molecule has 0 unspecified atom stereocenters. The zero-order valence-electron chi connectivity index (χ0n) is 15.4. The van der Waals surface area contributed by atoms with E-state index >= 15 is 0 Å². The second-order valence-corrected chi connectivity index (χ2v) is 7.23. The van der Waals surface area contributed by atoms with Crippen LogP contribution in [-0.4, -0.2) is 43.4 Å². The Balaban J connectivity index is 1.51. The summed E-state index contributed by atoms with van der Waals surface area (Å²) >= 11 is 0. The number of amides is 1. The normalized spacial score (nSPS) is 14.6. The predicted octanol–water partition coefficient (Wildman–Crippen LogP) is 3.54. The lowest BCUT2D eigenvalue weighted by atomic mass is 9.85. The van der Waals surface area contributed by atoms with Crippen molar-refractivity contribution in [3.8, 4) is 11.1 Å². The molecule has 1 aliphatic rings. The highest BCUT2D eigenvalue weighted by Gasteiger charge is 2.23. The Bertz CT molecular complexity index is 1210. The van der Waals surface area contributed by atoms with E-state index in [2.05, 4.69) is 25.4 Å². The van der Waals surface area contributed by atoms with Gasteiger partial charge in [-0.05, 0) is 30.5 Å². The summed E-state index contributed by atoms with van der Waals surface area (Å²) in [5, 5.41) is 7.24. The van der Waals surface area contributed by atoms with Crippen molar-refractivity contribution in [1.82, 2.24) is 29.9 Å². The first-order chi connectivity index (χ1) is 14.1. The molecule has 1 amide bonds. The number of halogens is 2. The second-order valence-electron chi connectivity index (χ2n) is 7.23. The molecule has 0 aliphatic heterocycles. The van der Waals surface area contributed by atoms with Gasteiger partial charge in [-0.1, -0.05) is 6.42 Å². The molecule has 0 radical (unpaired) electrons. The first-order valence-corrected chi connectivity index (χ1v) is 9.48. The molecule has 0 bridgehead atoms. The lowest BCUT2D eigenvalue weighted by Gasteiger charge is -2.23. The fourth-order valence-electron chi connectivity index (χ4n) is 3.61. The molecule has 0 spiro atoms. The highest BCUT2D eigenvalue weighted by atomic mass is 19.3. The lowest BCUT2D eigenvalue weighted by Crippen LogP contribution is -2.28. The van der Waals surface area contributed by atoms with E-state index in [1.54, 1.807) is 10.7 Å². The van der Waals surface area contributed by atoms with Gasteiger partial charge in [0.05, 0.1) is 23.8 Å². The third-order valence-corrected chi connectivity index (χ3v) is 5.42. The minimum absolute atomic E-state index is 0.246. The van der Waals surface area contributed by atoms with E-state index in [4.69, 9.17) is 0 Å². The van der Waals surface area contributed by atoms with Crippen molar-refractivity contribution in [2.45, 2.75) is 31.6 Å². The molecule has 0 atom stereocenters. The zero-order chi connectivity index (χ0) is 20.0. The third kappa shape index (κ3) is 3.12. The van der Waals surface area contributed by atoms with Crippen LogP contribution in [-0.2, 0) is 0 Å². The number of alkyl halides is 2. The van der Waals surface area contributed by atoms with Gasteiger partial charge in [0.1, 0.15) is 11.5 Å². The summed E-state index contributed by atoms with van der Waals surface area (Å²) in [5.74, 6) is 0.745. The number of rotatable bonds is 5. The minimum Gasteiger partial charge on any atom is -0.346 e. The van der Waals surface area contributed by atoms with Crippen LogP contribution >= 0.6 is 0 Å². The fourth-order valence-corrected chi connectivity index (χ4v) is 3.61. The number of pyridine rings is 1. The number of fused-ring (bicyclic) bond motifs is 2. The molecule has 2 N–H and O–H groups in total. The van der Waals surface area contributed by atoms with Crippen LogP contribution in [0.3, 0.4) is 0 Å². The largest absolute Gasteiger partial charge is 0.346 e. The maximum absolute atomic E-state index is 12.4. The van der Waals surface area contributed by atoms with Crippen molar-refractivity contribution in [3.05, 3.63) is 48.3 Å². The Morgan fingerprint density at radius 3 is 2.97 bits per heavy atom. The van der Waals surface area contributed by atoms with Crippen molar-refractivity contribution in [1.29, 1.82) is 0 Å². The van der Waals surface area contributed by atoms with Gasteiger partial charge >= 0.3 is 0 Å². The number of aromatic amines is 1. The molecular formula is C20H18F2N6O.